The van der Waals surface area contributed by atoms with Gasteiger partial charge < -0.3 is 19.5 Å². The lowest BCUT2D eigenvalue weighted by Crippen LogP contribution is -2.03. The molecule has 0 radical (unpaired) electrons. The molecule has 0 saturated carbocycles. The van der Waals surface area contributed by atoms with E-state index in [1.165, 1.54) is 0 Å². The summed E-state index contributed by atoms with van der Waals surface area (Å²) in [5, 5.41) is 0. The Bertz CT molecular complexity index is 686. The minimum Gasteiger partial charge on any atom is -0.492 e. The third-order valence-corrected chi connectivity index (χ3v) is 2.97. The number of hydrogen-bond donors (Lipinski definition) is 1. The van der Waals surface area contributed by atoms with Crippen LogP contribution in [-0.4, -0.2) is 16.2 Å². The summed E-state index contributed by atoms with van der Waals surface area (Å²) >= 11 is 0. The van der Waals surface area contributed by atoms with E-state index in [-0.39, 0.29) is 0 Å². The summed E-state index contributed by atoms with van der Waals surface area (Å²) in [5.41, 5.74) is 7.72. The standard InChI is InChI=1S/C14H15N3O2/c1-2-18-12-7-3-6-11-13(12)16-14(15)17(11)9-10-5-4-8-19-10/h3-8H,2,9H2,1H3,(H2,15,16). The molecule has 3 aromatic rings. The zero-order valence-electron chi connectivity index (χ0n) is 10.7. The Morgan fingerprint density at radius 1 is 1.32 bits per heavy atom. The molecule has 98 valence electrons. The summed E-state index contributed by atoms with van der Waals surface area (Å²) in [6.07, 6.45) is 1.65. The van der Waals surface area contributed by atoms with Crippen LogP contribution in [0.15, 0.2) is 41.0 Å². The second-order valence-electron chi connectivity index (χ2n) is 4.19. The van der Waals surface area contributed by atoms with Gasteiger partial charge in [-0.25, -0.2) is 4.98 Å². The van der Waals surface area contributed by atoms with Crippen molar-refractivity contribution in [2.24, 2.45) is 0 Å². The summed E-state index contributed by atoms with van der Waals surface area (Å²) in [4.78, 5) is 4.39. The van der Waals surface area contributed by atoms with E-state index >= 15 is 0 Å². The molecule has 5 heteroatoms. The van der Waals surface area contributed by atoms with Crippen molar-refractivity contribution in [2.45, 2.75) is 13.5 Å². The van der Waals surface area contributed by atoms with Crippen LogP contribution in [-0.2, 0) is 6.54 Å². The van der Waals surface area contributed by atoms with Gasteiger partial charge in [-0.15, -0.1) is 0 Å². The number of para-hydroxylation sites is 1. The van der Waals surface area contributed by atoms with Gasteiger partial charge in [0.2, 0.25) is 5.95 Å². The molecule has 19 heavy (non-hydrogen) atoms. The van der Waals surface area contributed by atoms with Crippen molar-refractivity contribution in [1.29, 1.82) is 0 Å². The van der Waals surface area contributed by atoms with Crippen LogP contribution in [0.5, 0.6) is 5.75 Å². The maximum absolute atomic E-state index is 5.99. The Morgan fingerprint density at radius 3 is 2.95 bits per heavy atom. The van der Waals surface area contributed by atoms with Crippen LogP contribution in [0.2, 0.25) is 0 Å². The van der Waals surface area contributed by atoms with Crippen molar-refractivity contribution in [2.75, 3.05) is 12.3 Å². The van der Waals surface area contributed by atoms with Crippen LogP contribution < -0.4 is 10.5 Å². The van der Waals surface area contributed by atoms with Crippen LogP contribution >= 0.6 is 0 Å². The number of anilines is 1. The Hall–Kier alpha value is -2.43. The summed E-state index contributed by atoms with van der Waals surface area (Å²) in [6, 6.07) is 9.58. The number of nitrogens with zero attached hydrogens (tertiary/aromatic N) is 2. The van der Waals surface area contributed by atoms with E-state index in [1.807, 2.05) is 41.8 Å². The molecular weight excluding hydrogens is 242 g/mol. The van der Waals surface area contributed by atoms with Gasteiger partial charge in [0, 0.05) is 0 Å². The van der Waals surface area contributed by atoms with Crippen molar-refractivity contribution in [3.05, 3.63) is 42.4 Å². The lowest BCUT2D eigenvalue weighted by atomic mass is 10.3. The highest BCUT2D eigenvalue weighted by Crippen LogP contribution is 2.27. The van der Waals surface area contributed by atoms with Gasteiger partial charge in [0.25, 0.3) is 0 Å². The van der Waals surface area contributed by atoms with Crippen LogP contribution in [0.3, 0.4) is 0 Å². The third-order valence-electron chi connectivity index (χ3n) is 2.97. The monoisotopic (exact) mass is 257 g/mol. The summed E-state index contributed by atoms with van der Waals surface area (Å²) in [6.45, 7) is 3.11. The molecule has 3 rings (SSSR count). The number of nitrogens with two attached hydrogens (primary N) is 1. The highest BCUT2D eigenvalue weighted by molar-refractivity contribution is 5.84. The second kappa shape index (κ2) is 4.68. The predicted molar refractivity (Wildman–Crippen MR) is 73.1 cm³/mol. The summed E-state index contributed by atoms with van der Waals surface area (Å²) in [7, 11) is 0. The number of furan rings is 1. The Labute approximate surface area is 110 Å². The van der Waals surface area contributed by atoms with Crippen LogP contribution in [0.4, 0.5) is 5.95 Å². The second-order valence-corrected chi connectivity index (χ2v) is 4.19. The largest absolute Gasteiger partial charge is 0.492 e. The quantitative estimate of drug-likeness (QED) is 0.780. The average molecular weight is 257 g/mol. The first-order valence-electron chi connectivity index (χ1n) is 6.19. The van der Waals surface area contributed by atoms with Crippen molar-refractivity contribution in [3.8, 4) is 5.75 Å². The number of imidazole rings is 1. The third kappa shape index (κ3) is 2.03. The molecule has 0 saturated heterocycles. The number of nitrogen functional groups attached to an aromatic ring is 1. The fraction of sp³-hybridized carbons (Fsp3) is 0.214. The maximum Gasteiger partial charge on any atom is 0.201 e. The average Bonchev–Trinajstić information content (AvgIpc) is 3.01. The maximum atomic E-state index is 5.99. The molecule has 0 bridgehead atoms. The van der Waals surface area contributed by atoms with Gasteiger partial charge in [0.15, 0.2) is 0 Å². The highest BCUT2D eigenvalue weighted by Gasteiger charge is 2.13. The van der Waals surface area contributed by atoms with Crippen LogP contribution in [0.25, 0.3) is 11.0 Å². The molecule has 0 aliphatic heterocycles. The van der Waals surface area contributed by atoms with Crippen LogP contribution in [0, 0.1) is 0 Å². The number of aromatic nitrogens is 2. The minimum absolute atomic E-state index is 0.457. The summed E-state index contributed by atoms with van der Waals surface area (Å²) in [5.74, 6) is 2.05. The number of hydrogen-bond acceptors (Lipinski definition) is 4. The van der Waals surface area contributed by atoms with Gasteiger partial charge in [0.1, 0.15) is 17.0 Å². The van der Waals surface area contributed by atoms with Crippen molar-refractivity contribution >= 4 is 17.0 Å². The molecule has 0 atom stereocenters. The summed E-state index contributed by atoms with van der Waals surface area (Å²) < 4.78 is 12.8. The molecular formula is C14H15N3O2. The SMILES string of the molecule is CCOc1cccc2c1nc(N)n2Cc1ccco1. The number of fused-ring (bicyclic) bond motifs is 1. The molecule has 5 nitrogen and oxygen atoms in total. The fourth-order valence-electron chi connectivity index (χ4n) is 2.14. The molecule has 1 aromatic carbocycles. The fourth-order valence-corrected chi connectivity index (χ4v) is 2.14. The van der Waals surface area contributed by atoms with Gasteiger partial charge in [-0.05, 0) is 31.2 Å². The van der Waals surface area contributed by atoms with E-state index in [2.05, 4.69) is 4.98 Å². The molecule has 0 aliphatic rings. The van der Waals surface area contributed by atoms with Gasteiger partial charge >= 0.3 is 0 Å². The number of ether oxygens (including phenoxy) is 1. The van der Waals surface area contributed by atoms with Gasteiger partial charge in [-0.2, -0.15) is 0 Å². The lowest BCUT2D eigenvalue weighted by molar-refractivity contribution is 0.343. The first-order valence-corrected chi connectivity index (χ1v) is 6.19. The Morgan fingerprint density at radius 2 is 2.21 bits per heavy atom. The first kappa shape index (κ1) is 11.6. The first-order chi connectivity index (χ1) is 9.29. The van der Waals surface area contributed by atoms with E-state index in [1.54, 1.807) is 6.26 Å². The normalized spacial score (nSPS) is 11.0. The topological polar surface area (TPSA) is 66.2 Å². The smallest absolute Gasteiger partial charge is 0.201 e. The molecule has 0 fully saturated rings. The minimum atomic E-state index is 0.457. The van der Waals surface area contributed by atoms with Gasteiger partial charge in [-0.1, -0.05) is 6.07 Å². The molecule has 2 N–H and O–H groups in total. The van der Waals surface area contributed by atoms with E-state index in [0.717, 1.165) is 22.5 Å². The van der Waals surface area contributed by atoms with E-state index < -0.39 is 0 Å². The van der Waals surface area contributed by atoms with Gasteiger partial charge in [-0.3, -0.25) is 0 Å². The zero-order valence-corrected chi connectivity index (χ0v) is 10.7. The predicted octanol–water partition coefficient (Wildman–Crippen LogP) is 2.66. The Kier molecular flexibility index (Phi) is 2.87. The van der Waals surface area contributed by atoms with Crippen molar-refractivity contribution < 1.29 is 9.15 Å². The lowest BCUT2D eigenvalue weighted by Gasteiger charge is -2.05. The molecule has 0 amide bonds. The number of benzene rings is 1. The van der Waals surface area contributed by atoms with Crippen molar-refractivity contribution in [1.82, 2.24) is 9.55 Å². The molecule has 0 aliphatic carbocycles. The zero-order chi connectivity index (χ0) is 13.2. The molecule has 0 unspecified atom stereocenters. The highest BCUT2D eigenvalue weighted by atomic mass is 16.5. The van der Waals surface area contributed by atoms with E-state index in [9.17, 15) is 0 Å². The Balaban J connectivity index is 2.09. The molecule has 2 heterocycles. The number of rotatable bonds is 4. The molecule has 2 aromatic heterocycles. The van der Waals surface area contributed by atoms with Crippen LogP contribution in [0.1, 0.15) is 12.7 Å². The van der Waals surface area contributed by atoms with E-state index in [4.69, 9.17) is 14.9 Å². The molecule has 0 spiro atoms. The van der Waals surface area contributed by atoms with Gasteiger partial charge in [0.05, 0.1) is 24.9 Å². The van der Waals surface area contributed by atoms with Crippen molar-refractivity contribution in [3.63, 3.8) is 0 Å². The van der Waals surface area contributed by atoms with E-state index in [0.29, 0.717) is 19.1 Å².